The van der Waals surface area contributed by atoms with Crippen molar-refractivity contribution in [3.8, 4) is 0 Å². The lowest BCUT2D eigenvalue weighted by Gasteiger charge is -2.22. The number of amides is 1. The van der Waals surface area contributed by atoms with Gasteiger partial charge in [-0.1, -0.05) is 40.2 Å². The molecule has 1 saturated heterocycles. The lowest BCUT2D eigenvalue weighted by Crippen LogP contribution is -2.24. The summed E-state index contributed by atoms with van der Waals surface area (Å²) >= 11 is 3.45. The van der Waals surface area contributed by atoms with Crippen LogP contribution in [0.5, 0.6) is 0 Å². The van der Waals surface area contributed by atoms with Crippen LogP contribution in [0.4, 0.5) is 5.69 Å². The lowest BCUT2D eigenvalue weighted by atomic mass is 10.1. The number of benzene rings is 2. The summed E-state index contributed by atoms with van der Waals surface area (Å²) in [4.78, 5) is 12.6. The molecule has 5 heteroatoms. The molecule has 4 nitrogen and oxygen atoms in total. The van der Waals surface area contributed by atoms with Crippen LogP contribution in [0.1, 0.15) is 42.7 Å². The molecule has 1 amide bonds. The Morgan fingerprint density at radius 1 is 1.18 bits per heavy atom. The maximum Gasteiger partial charge on any atom is 0.228 e. The zero-order chi connectivity index (χ0) is 19.3. The first-order valence-corrected chi connectivity index (χ1v) is 10.8. The van der Waals surface area contributed by atoms with Gasteiger partial charge in [-0.25, -0.2) is 0 Å². The Morgan fingerprint density at radius 3 is 2.82 bits per heavy atom. The Hall–Kier alpha value is -1.69. The van der Waals surface area contributed by atoms with Crippen molar-refractivity contribution >= 4 is 27.5 Å². The molecule has 2 fully saturated rings. The highest BCUT2D eigenvalue weighted by Gasteiger charge is 2.43. The van der Waals surface area contributed by atoms with Crippen LogP contribution in [0.2, 0.25) is 0 Å². The minimum Gasteiger partial charge on any atom is -0.376 e. The Kier molecular flexibility index (Phi) is 6.45. The van der Waals surface area contributed by atoms with E-state index in [1.54, 1.807) is 0 Å². The van der Waals surface area contributed by atoms with Crippen molar-refractivity contribution in [3.05, 3.63) is 64.1 Å². The van der Waals surface area contributed by atoms with E-state index < -0.39 is 0 Å². The molecular weight excluding hydrogens is 418 g/mol. The van der Waals surface area contributed by atoms with Gasteiger partial charge in [0.15, 0.2) is 0 Å². The van der Waals surface area contributed by atoms with E-state index in [4.69, 9.17) is 9.47 Å². The lowest BCUT2D eigenvalue weighted by molar-refractivity contribution is -0.117. The van der Waals surface area contributed by atoms with Crippen molar-refractivity contribution in [1.29, 1.82) is 0 Å². The van der Waals surface area contributed by atoms with E-state index in [-0.39, 0.29) is 17.9 Å². The van der Waals surface area contributed by atoms with E-state index in [1.807, 2.05) is 36.4 Å². The van der Waals surface area contributed by atoms with Crippen molar-refractivity contribution in [3.63, 3.8) is 0 Å². The van der Waals surface area contributed by atoms with Crippen molar-refractivity contribution in [2.75, 3.05) is 18.5 Å². The van der Waals surface area contributed by atoms with E-state index in [9.17, 15) is 4.79 Å². The van der Waals surface area contributed by atoms with Crippen LogP contribution < -0.4 is 5.32 Å². The molecule has 0 spiro atoms. The summed E-state index contributed by atoms with van der Waals surface area (Å²) in [5, 5.41) is 3.07. The third-order valence-corrected chi connectivity index (χ3v) is 6.00. The molecule has 28 heavy (non-hydrogen) atoms. The van der Waals surface area contributed by atoms with Crippen LogP contribution in [0.3, 0.4) is 0 Å². The van der Waals surface area contributed by atoms with Gasteiger partial charge in [0.1, 0.15) is 0 Å². The highest BCUT2D eigenvalue weighted by Crippen LogP contribution is 2.48. The molecule has 3 atom stereocenters. The summed E-state index contributed by atoms with van der Waals surface area (Å²) in [7, 11) is 0. The molecule has 1 heterocycles. The quantitative estimate of drug-likeness (QED) is 0.633. The predicted octanol–water partition coefficient (Wildman–Crippen LogP) is 5.28. The highest BCUT2D eigenvalue weighted by atomic mass is 79.9. The van der Waals surface area contributed by atoms with Gasteiger partial charge in [-0.3, -0.25) is 4.79 Å². The van der Waals surface area contributed by atoms with Gasteiger partial charge < -0.3 is 14.8 Å². The molecule has 1 aliphatic carbocycles. The van der Waals surface area contributed by atoms with E-state index >= 15 is 0 Å². The first-order chi connectivity index (χ1) is 13.7. The second-order valence-electron chi connectivity index (χ2n) is 7.69. The first kappa shape index (κ1) is 19.6. The number of hydrogen-bond donors (Lipinski definition) is 1. The zero-order valence-corrected chi connectivity index (χ0v) is 17.5. The summed E-state index contributed by atoms with van der Waals surface area (Å²) in [6.07, 6.45) is 4.59. The van der Waals surface area contributed by atoms with Crippen molar-refractivity contribution in [1.82, 2.24) is 0 Å². The SMILES string of the molecule is O=C(Nc1cccc(COCC2CCCCO2)c1)C1CC1c1ccc(Br)cc1. The summed E-state index contributed by atoms with van der Waals surface area (Å²) in [5.41, 5.74) is 3.13. The normalized spacial score (nSPS) is 24.0. The number of anilines is 1. The van der Waals surface area contributed by atoms with Gasteiger partial charge in [-0.15, -0.1) is 0 Å². The molecule has 1 N–H and O–H groups in total. The van der Waals surface area contributed by atoms with Gasteiger partial charge in [-0.05, 0) is 67.0 Å². The van der Waals surface area contributed by atoms with Gasteiger partial charge in [0.25, 0.3) is 0 Å². The molecule has 0 aromatic heterocycles. The fourth-order valence-corrected chi connectivity index (χ4v) is 4.05. The topological polar surface area (TPSA) is 47.6 Å². The minimum absolute atomic E-state index is 0.0598. The largest absolute Gasteiger partial charge is 0.376 e. The average molecular weight is 444 g/mol. The molecule has 3 unspecified atom stereocenters. The summed E-state index contributed by atoms with van der Waals surface area (Å²) in [6.45, 7) is 2.01. The van der Waals surface area contributed by atoms with E-state index in [0.717, 1.165) is 41.6 Å². The average Bonchev–Trinajstić information content (AvgIpc) is 3.51. The van der Waals surface area contributed by atoms with Crippen LogP contribution in [0.15, 0.2) is 53.0 Å². The van der Waals surface area contributed by atoms with Gasteiger partial charge in [-0.2, -0.15) is 0 Å². The number of hydrogen-bond acceptors (Lipinski definition) is 3. The summed E-state index contributed by atoms with van der Waals surface area (Å²) in [6, 6.07) is 16.2. The molecule has 1 saturated carbocycles. The van der Waals surface area contributed by atoms with Gasteiger partial charge in [0, 0.05) is 22.7 Å². The number of halogens is 1. The molecule has 2 aliphatic rings. The monoisotopic (exact) mass is 443 g/mol. The Balaban J connectivity index is 1.26. The number of carbonyl (C=O) groups excluding carboxylic acids is 1. The third-order valence-electron chi connectivity index (χ3n) is 5.47. The Morgan fingerprint density at radius 2 is 2.04 bits per heavy atom. The second-order valence-corrected chi connectivity index (χ2v) is 8.61. The van der Waals surface area contributed by atoms with Crippen LogP contribution in [0, 0.1) is 5.92 Å². The van der Waals surface area contributed by atoms with Gasteiger partial charge in [0.05, 0.1) is 19.3 Å². The summed E-state index contributed by atoms with van der Waals surface area (Å²) < 4.78 is 12.6. The number of rotatable bonds is 7. The maximum atomic E-state index is 12.6. The maximum absolute atomic E-state index is 12.6. The molecule has 2 aromatic carbocycles. The van der Waals surface area contributed by atoms with Crippen LogP contribution in [-0.4, -0.2) is 25.2 Å². The minimum atomic E-state index is 0.0598. The molecule has 1 aliphatic heterocycles. The fourth-order valence-electron chi connectivity index (χ4n) is 3.78. The predicted molar refractivity (Wildman–Crippen MR) is 113 cm³/mol. The van der Waals surface area contributed by atoms with Crippen molar-refractivity contribution in [2.24, 2.45) is 5.92 Å². The van der Waals surface area contributed by atoms with E-state index in [0.29, 0.717) is 19.1 Å². The van der Waals surface area contributed by atoms with Crippen molar-refractivity contribution in [2.45, 2.75) is 44.3 Å². The standard InChI is InChI=1S/C23H26BrNO3/c24-18-9-7-17(8-10-18)21-13-22(21)23(26)25-19-5-3-4-16(12-19)14-27-15-20-6-1-2-11-28-20/h3-5,7-10,12,20-22H,1-2,6,11,13-15H2,(H,25,26). The first-order valence-electron chi connectivity index (χ1n) is 10.0. The number of carbonyl (C=O) groups is 1. The van der Waals surface area contributed by atoms with Crippen LogP contribution in [0.25, 0.3) is 0 Å². The molecule has 148 valence electrons. The zero-order valence-electron chi connectivity index (χ0n) is 15.9. The smallest absolute Gasteiger partial charge is 0.228 e. The highest BCUT2D eigenvalue weighted by molar-refractivity contribution is 9.10. The Bertz CT molecular complexity index is 802. The third kappa shape index (κ3) is 5.22. The number of nitrogens with one attached hydrogen (secondary N) is 1. The van der Waals surface area contributed by atoms with Gasteiger partial charge in [0.2, 0.25) is 5.91 Å². The molecule has 4 rings (SSSR count). The summed E-state index contributed by atoms with van der Waals surface area (Å²) in [5.74, 6) is 0.487. The van der Waals surface area contributed by atoms with Crippen molar-refractivity contribution < 1.29 is 14.3 Å². The molecule has 2 aromatic rings. The van der Waals surface area contributed by atoms with Gasteiger partial charge >= 0.3 is 0 Å². The van der Waals surface area contributed by atoms with E-state index in [1.165, 1.54) is 12.0 Å². The Labute approximate surface area is 174 Å². The van der Waals surface area contributed by atoms with Crippen LogP contribution in [-0.2, 0) is 20.9 Å². The molecule has 0 radical (unpaired) electrons. The molecule has 0 bridgehead atoms. The van der Waals surface area contributed by atoms with E-state index in [2.05, 4.69) is 33.4 Å². The molecular formula is C23H26BrNO3. The fraction of sp³-hybridized carbons (Fsp3) is 0.435. The van der Waals surface area contributed by atoms with Crippen LogP contribution >= 0.6 is 15.9 Å². The second kappa shape index (κ2) is 9.21. The number of ether oxygens (including phenoxy) is 2.